The van der Waals surface area contributed by atoms with E-state index in [9.17, 15) is 4.79 Å². The summed E-state index contributed by atoms with van der Waals surface area (Å²) >= 11 is 0. The van der Waals surface area contributed by atoms with Gasteiger partial charge in [0.1, 0.15) is 0 Å². The second-order valence-electron chi connectivity index (χ2n) is 9.49. The number of rotatable bonds is 3. The van der Waals surface area contributed by atoms with E-state index in [1.165, 1.54) is 0 Å². The number of aryl methyl sites for hydroxylation is 1. The lowest BCUT2D eigenvalue weighted by Gasteiger charge is -2.33. The van der Waals surface area contributed by atoms with Crippen LogP contribution in [-0.2, 0) is 4.84 Å². The van der Waals surface area contributed by atoms with Crippen LogP contribution in [0.15, 0.2) is 53.2 Å². The Morgan fingerprint density at radius 1 is 1.13 bits per heavy atom. The molecule has 0 spiro atoms. The second-order valence-corrected chi connectivity index (χ2v) is 9.49. The van der Waals surface area contributed by atoms with Gasteiger partial charge in [-0.15, -0.1) is 0 Å². The molecule has 3 aliphatic rings. The van der Waals surface area contributed by atoms with Gasteiger partial charge < -0.3 is 14.3 Å². The summed E-state index contributed by atoms with van der Waals surface area (Å²) in [5.41, 5.74) is 4.37. The third-order valence-corrected chi connectivity index (χ3v) is 7.70. The van der Waals surface area contributed by atoms with Gasteiger partial charge in [-0.05, 0) is 72.1 Å². The zero-order valence-corrected chi connectivity index (χ0v) is 18.4. The first-order valence-electron chi connectivity index (χ1n) is 10.8. The minimum atomic E-state index is -0.419. The Labute approximate surface area is 182 Å². The van der Waals surface area contributed by atoms with Gasteiger partial charge in [0.2, 0.25) is 6.79 Å². The van der Waals surface area contributed by atoms with Crippen LogP contribution in [0, 0.1) is 23.7 Å². The fourth-order valence-corrected chi connectivity index (χ4v) is 5.40. The molecule has 160 valence electrons. The Morgan fingerprint density at radius 3 is 2.71 bits per heavy atom. The molecule has 0 saturated heterocycles. The topological polar surface area (TPSA) is 57.1 Å². The van der Waals surface area contributed by atoms with Crippen LogP contribution >= 0.6 is 0 Å². The Bertz CT molecular complexity index is 1130. The highest BCUT2D eigenvalue weighted by Gasteiger charge is 2.63. The number of hydrogen-bond donors (Lipinski definition) is 0. The van der Waals surface area contributed by atoms with Crippen LogP contribution in [0.4, 0.5) is 0 Å². The fourth-order valence-electron chi connectivity index (χ4n) is 5.40. The molecule has 31 heavy (non-hydrogen) atoms. The first kappa shape index (κ1) is 19.9. The normalized spacial score (nSPS) is 27.8. The van der Waals surface area contributed by atoms with E-state index in [1.807, 2.05) is 43.3 Å². The molecule has 2 aliphatic carbocycles. The van der Waals surface area contributed by atoms with Crippen molar-refractivity contribution in [3.05, 3.63) is 64.7 Å². The van der Waals surface area contributed by atoms with E-state index in [0.717, 1.165) is 46.8 Å². The van der Waals surface area contributed by atoms with Crippen LogP contribution in [-0.4, -0.2) is 18.5 Å². The SMILES string of the molecule is Cc1ccccc1C(=O)ON=C1C(=Cc2ccc3c(c2)OCO3)C2CCC1(C)C2(C)C. The van der Waals surface area contributed by atoms with Crippen molar-refractivity contribution in [1.82, 2.24) is 0 Å². The maximum Gasteiger partial charge on any atom is 0.366 e. The molecular formula is C26H27NO4. The van der Waals surface area contributed by atoms with Crippen molar-refractivity contribution in [2.75, 3.05) is 6.79 Å². The largest absolute Gasteiger partial charge is 0.454 e. The molecule has 2 fully saturated rings. The van der Waals surface area contributed by atoms with Gasteiger partial charge in [-0.3, -0.25) is 0 Å². The molecule has 2 atom stereocenters. The van der Waals surface area contributed by atoms with E-state index < -0.39 is 5.97 Å². The van der Waals surface area contributed by atoms with Crippen molar-refractivity contribution in [1.29, 1.82) is 0 Å². The van der Waals surface area contributed by atoms with Crippen molar-refractivity contribution in [2.24, 2.45) is 21.9 Å². The molecule has 0 aromatic heterocycles. The Balaban J connectivity index is 1.53. The highest BCUT2D eigenvalue weighted by Crippen LogP contribution is 2.66. The van der Waals surface area contributed by atoms with E-state index in [-0.39, 0.29) is 17.6 Å². The maximum absolute atomic E-state index is 12.7. The van der Waals surface area contributed by atoms with Crippen LogP contribution in [0.25, 0.3) is 6.08 Å². The summed E-state index contributed by atoms with van der Waals surface area (Å²) in [4.78, 5) is 18.2. The van der Waals surface area contributed by atoms with Crippen molar-refractivity contribution in [3.8, 4) is 11.5 Å². The first-order chi connectivity index (χ1) is 14.8. The van der Waals surface area contributed by atoms with E-state index in [2.05, 4.69) is 32.0 Å². The minimum Gasteiger partial charge on any atom is -0.454 e. The molecule has 0 amide bonds. The molecule has 0 N–H and O–H groups in total. The van der Waals surface area contributed by atoms with Crippen molar-refractivity contribution < 1.29 is 19.1 Å². The van der Waals surface area contributed by atoms with E-state index in [4.69, 9.17) is 14.3 Å². The summed E-state index contributed by atoms with van der Waals surface area (Å²) in [6.45, 7) is 8.99. The second kappa shape index (κ2) is 6.98. The fraction of sp³-hybridized carbons (Fsp3) is 0.385. The highest BCUT2D eigenvalue weighted by atomic mass is 16.7. The van der Waals surface area contributed by atoms with Gasteiger partial charge in [0.15, 0.2) is 11.5 Å². The number of ether oxygens (including phenoxy) is 2. The van der Waals surface area contributed by atoms with Gasteiger partial charge in [-0.25, -0.2) is 4.79 Å². The third kappa shape index (κ3) is 2.98. The van der Waals surface area contributed by atoms with Crippen LogP contribution in [0.3, 0.4) is 0 Å². The van der Waals surface area contributed by atoms with Gasteiger partial charge in [-0.2, -0.15) is 0 Å². The average molecular weight is 418 g/mol. The molecule has 2 bridgehead atoms. The highest BCUT2D eigenvalue weighted by molar-refractivity contribution is 6.11. The Kier molecular flexibility index (Phi) is 4.47. The Hall–Kier alpha value is -3.08. The van der Waals surface area contributed by atoms with Crippen molar-refractivity contribution in [3.63, 3.8) is 0 Å². The van der Waals surface area contributed by atoms with Crippen LogP contribution in [0.5, 0.6) is 11.5 Å². The van der Waals surface area contributed by atoms with Gasteiger partial charge in [0.25, 0.3) is 0 Å². The summed E-state index contributed by atoms with van der Waals surface area (Å²) in [5.74, 6) is 1.46. The lowest BCUT2D eigenvalue weighted by Crippen LogP contribution is -2.33. The van der Waals surface area contributed by atoms with Crippen LogP contribution in [0.2, 0.25) is 0 Å². The van der Waals surface area contributed by atoms with Gasteiger partial charge >= 0.3 is 5.97 Å². The quantitative estimate of drug-likeness (QED) is 0.469. The number of nitrogens with zero attached hydrogens (tertiary/aromatic N) is 1. The molecule has 2 aromatic rings. The lowest BCUT2D eigenvalue weighted by atomic mass is 9.70. The molecule has 1 heterocycles. The summed E-state index contributed by atoms with van der Waals surface area (Å²) in [5, 5.41) is 4.48. The average Bonchev–Trinajstić information content (AvgIpc) is 3.33. The summed E-state index contributed by atoms with van der Waals surface area (Å²) in [7, 11) is 0. The molecule has 2 saturated carbocycles. The minimum absolute atomic E-state index is 0.0308. The monoisotopic (exact) mass is 417 g/mol. The maximum atomic E-state index is 12.7. The van der Waals surface area contributed by atoms with Crippen molar-refractivity contribution >= 4 is 17.8 Å². The van der Waals surface area contributed by atoms with Gasteiger partial charge in [-0.1, -0.05) is 50.2 Å². The first-order valence-corrected chi connectivity index (χ1v) is 10.8. The summed E-state index contributed by atoms with van der Waals surface area (Å²) in [6.07, 6.45) is 4.30. The molecule has 5 heteroatoms. The molecular weight excluding hydrogens is 390 g/mol. The van der Waals surface area contributed by atoms with Crippen LogP contribution in [0.1, 0.15) is 55.1 Å². The zero-order chi connectivity index (χ0) is 21.8. The number of carbonyl (C=O) groups excluding carboxylic acids is 1. The molecule has 2 aromatic carbocycles. The number of oxime groups is 1. The van der Waals surface area contributed by atoms with E-state index in [1.54, 1.807) is 6.07 Å². The van der Waals surface area contributed by atoms with E-state index in [0.29, 0.717) is 11.5 Å². The molecule has 5 nitrogen and oxygen atoms in total. The van der Waals surface area contributed by atoms with Crippen LogP contribution < -0.4 is 9.47 Å². The third-order valence-electron chi connectivity index (χ3n) is 7.70. The number of carbonyl (C=O) groups is 1. The molecule has 2 unspecified atom stereocenters. The number of allylic oxidation sites excluding steroid dienone is 1. The Morgan fingerprint density at radius 2 is 1.90 bits per heavy atom. The number of hydrogen-bond acceptors (Lipinski definition) is 5. The number of benzene rings is 2. The summed E-state index contributed by atoms with van der Waals surface area (Å²) in [6, 6.07) is 13.4. The number of fused-ring (bicyclic) bond motifs is 3. The van der Waals surface area contributed by atoms with Gasteiger partial charge in [0, 0.05) is 5.41 Å². The standard InChI is InChI=1S/C26H27NO4/c1-16-7-5-6-8-18(16)24(28)31-27-23-19(20-11-12-26(23,4)25(20,2)3)13-17-9-10-21-22(14-17)30-15-29-21/h5-10,13-14,20H,11-12,15H2,1-4H3. The van der Waals surface area contributed by atoms with Gasteiger partial charge in [0.05, 0.1) is 11.3 Å². The molecule has 1 aliphatic heterocycles. The molecule has 5 rings (SSSR count). The van der Waals surface area contributed by atoms with E-state index >= 15 is 0 Å². The predicted molar refractivity (Wildman–Crippen MR) is 119 cm³/mol. The zero-order valence-electron chi connectivity index (χ0n) is 18.4. The predicted octanol–water partition coefficient (Wildman–Crippen LogP) is 5.78. The summed E-state index contributed by atoms with van der Waals surface area (Å²) < 4.78 is 11.0. The molecule has 0 radical (unpaired) electrons. The van der Waals surface area contributed by atoms with Crippen molar-refractivity contribution in [2.45, 2.75) is 40.5 Å². The smallest absolute Gasteiger partial charge is 0.366 e. The lowest BCUT2D eigenvalue weighted by molar-refractivity contribution is 0.0508.